The first-order chi connectivity index (χ1) is 10.2. The highest BCUT2D eigenvalue weighted by Gasteiger charge is 2.58. The van der Waals surface area contributed by atoms with Crippen LogP contribution in [0.25, 0.3) is 0 Å². The average Bonchev–Trinajstić information content (AvgIpc) is 2.61. The molecule has 0 radical (unpaired) electrons. The summed E-state index contributed by atoms with van der Waals surface area (Å²) in [5.74, 6) is -2.15. The summed E-state index contributed by atoms with van der Waals surface area (Å²) in [5.41, 5.74) is 1.82. The molecule has 0 saturated heterocycles. The zero-order valence-electron chi connectivity index (χ0n) is 13.3. The van der Waals surface area contributed by atoms with Crippen LogP contribution in [0.3, 0.4) is 0 Å². The number of ether oxygens (including phenoxy) is 2. The Morgan fingerprint density at radius 2 is 2.18 bits per heavy atom. The van der Waals surface area contributed by atoms with Crippen LogP contribution in [-0.4, -0.2) is 28.9 Å². The second-order valence-corrected chi connectivity index (χ2v) is 7.08. The molecule has 0 aromatic rings. The van der Waals surface area contributed by atoms with Crippen molar-refractivity contribution >= 4 is 11.9 Å². The second kappa shape index (κ2) is 4.69. The van der Waals surface area contributed by atoms with E-state index in [4.69, 9.17) is 9.47 Å². The minimum atomic E-state index is -1.47. The van der Waals surface area contributed by atoms with Crippen LogP contribution in [0.15, 0.2) is 23.3 Å². The highest BCUT2D eigenvalue weighted by molar-refractivity contribution is 5.92. The monoisotopic (exact) mass is 306 g/mol. The standard InChI is InChI=1S/C17H22O5/c1-9-12-7-13-10(2)15(19)22-17(13,20)8-16(12,4)6-5-14(9)21-11(3)18/h12,14,20H,1,5-8H2,2-4H3/t12-,14-,16-,17+/m1/s1. The molecular weight excluding hydrogens is 284 g/mol. The van der Waals surface area contributed by atoms with Crippen molar-refractivity contribution in [2.45, 2.75) is 58.3 Å². The van der Waals surface area contributed by atoms with E-state index in [2.05, 4.69) is 13.5 Å². The van der Waals surface area contributed by atoms with Gasteiger partial charge in [0.2, 0.25) is 5.79 Å². The molecule has 0 bridgehead atoms. The van der Waals surface area contributed by atoms with Gasteiger partial charge >= 0.3 is 11.9 Å². The molecule has 2 fully saturated rings. The van der Waals surface area contributed by atoms with Gasteiger partial charge in [-0.1, -0.05) is 13.5 Å². The molecule has 120 valence electrons. The van der Waals surface area contributed by atoms with Crippen molar-refractivity contribution in [1.82, 2.24) is 0 Å². The van der Waals surface area contributed by atoms with E-state index in [9.17, 15) is 14.7 Å². The zero-order chi connectivity index (χ0) is 16.3. The van der Waals surface area contributed by atoms with Crippen LogP contribution in [0, 0.1) is 11.3 Å². The van der Waals surface area contributed by atoms with Gasteiger partial charge in [0.05, 0.1) is 0 Å². The fourth-order valence-corrected chi connectivity index (χ4v) is 4.33. The Morgan fingerprint density at radius 1 is 1.50 bits per heavy atom. The fraction of sp³-hybridized carbons (Fsp3) is 0.647. The number of carbonyl (C=O) groups is 2. The zero-order valence-corrected chi connectivity index (χ0v) is 13.3. The van der Waals surface area contributed by atoms with Crippen LogP contribution in [0.2, 0.25) is 0 Å². The largest absolute Gasteiger partial charge is 0.458 e. The SMILES string of the molecule is C=C1[C@H]2CC3=C(C)C(=O)O[C@@]3(O)C[C@@]2(C)CC[C@H]1OC(C)=O. The van der Waals surface area contributed by atoms with Crippen molar-refractivity contribution in [3.8, 4) is 0 Å². The molecule has 2 saturated carbocycles. The van der Waals surface area contributed by atoms with E-state index < -0.39 is 11.8 Å². The summed E-state index contributed by atoms with van der Waals surface area (Å²) >= 11 is 0. The van der Waals surface area contributed by atoms with Crippen LogP contribution < -0.4 is 0 Å². The number of aliphatic hydroxyl groups is 1. The molecule has 3 rings (SSSR count). The lowest BCUT2D eigenvalue weighted by atomic mass is 9.56. The van der Waals surface area contributed by atoms with Crippen molar-refractivity contribution in [2.75, 3.05) is 0 Å². The molecule has 5 heteroatoms. The molecule has 0 amide bonds. The van der Waals surface area contributed by atoms with E-state index >= 15 is 0 Å². The first-order valence-corrected chi connectivity index (χ1v) is 7.68. The van der Waals surface area contributed by atoms with E-state index in [1.165, 1.54) is 6.92 Å². The van der Waals surface area contributed by atoms with Crippen molar-refractivity contribution < 1.29 is 24.2 Å². The van der Waals surface area contributed by atoms with Gasteiger partial charge in [-0.3, -0.25) is 4.79 Å². The van der Waals surface area contributed by atoms with Gasteiger partial charge in [-0.15, -0.1) is 0 Å². The van der Waals surface area contributed by atoms with Crippen LogP contribution in [0.5, 0.6) is 0 Å². The Kier molecular flexibility index (Phi) is 3.25. The number of hydrogen-bond acceptors (Lipinski definition) is 5. The van der Waals surface area contributed by atoms with E-state index in [1.54, 1.807) is 6.92 Å². The highest BCUT2D eigenvalue weighted by Crippen LogP contribution is 2.58. The lowest BCUT2D eigenvalue weighted by molar-refractivity contribution is -0.205. The minimum Gasteiger partial charge on any atom is -0.458 e. The number of carbonyl (C=O) groups excluding carboxylic acids is 2. The fourth-order valence-electron chi connectivity index (χ4n) is 4.33. The Balaban J connectivity index is 1.93. The normalized spacial score (nSPS) is 40.9. The van der Waals surface area contributed by atoms with E-state index in [0.29, 0.717) is 30.4 Å². The first kappa shape index (κ1) is 15.3. The quantitative estimate of drug-likeness (QED) is 0.594. The molecule has 3 aliphatic rings. The third kappa shape index (κ3) is 2.10. The van der Waals surface area contributed by atoms with E-state index in [-0.39, 0.29) is 23.4 Å². The molecule has 0 unspecified atom stereocenters. The van der Waals surface area contributed by atoms with Gasteiger partial charge in [-0.25, -0.2) is 4.79 Å². The predicted molar refractivity (Wildman–Crippen MR) is 78.5 cm³/mol. The predicted octanol–water partition coefficient (Wildman–Crippen LogP) is 2.25. The smallest absolute Gasteiger partial charge is 0.336 e. The Hall–Kier alpha value is -1.62. The lowest BCUT2D eigenvalue weighted by Crippen LogP contribution is -2.51. The Labute approximate surface area is 130 Å². The molecule has 2 aliphatic carbocycles. The Morgan fingerprint density at radius 3 is 2.82 bits per heavy atom. The maximum atomic E-state index is 11.8. The van der Waals surface area contributed by atoms with Crippen molar-refractivity contribution in [2.24, 2.45) is 11.3 Å². The summed E-state index contributed by atoms with van der Waals surface area (Å²) in [6, 6.07) is 0. The molecule has 1 N–H and O–H groups in total. The molecule has 1 heterocycles. The molecule has 1 aliphatic heterocycles. The first-order valence-electron chi connectivity index (χ1n) is 7.68. The van der Waals surface area contributed by atoms with Crippen molar-refractivity contribution in [3.63, 3.8) is 0 Å². The average molecular weight is 306 g/mol. The topological polar surface area (TPSA) is 72.8 Å². The van der Waals surface area contributed by atoms with Crippen LogP contribution in [0.1, 0.15) is 46.5 Å². The van der Waals surface area contributed by atoms with Crippen LogP contribution in [-0.2, 0) is 19.1 Å². The highest BCUT2D eigenvalue weighted by atomic mass is 16.7. The molecule has 4 atom stereocenters. The molecule has 0 spiro atoms. The van der Waals surface area contributed by atoms with Gasteiger partial charge in [-0.05, 0) is 43.1 Å². The minimum absolute atomic E-state index is 0.0744. The number of rotatable bonds is 1. The third-order valence-electron chi connectivity index (χ3n) is 5.53. The van der Waals surface area contributed by atoms with Crippen molar-refractivity contribution in [3.05, 3.63) is 23.3 Å². The second-order valence-electron chi connectivity index (χ2n) is 7.08. The van der Waals surface area contributed by atoms with Crippen LogP contribution in [0.4, 0.5) is 0 Å². The summed E-state index contributed by atoms with van der Waals surface area (Å²) in [6.45, 7) is 9.33. The summed E-state index contributed by atoms with van der Waals surface area (Å²) in [5, 5.41) is 10.7. The molecule has 5 nitrogen and oxygen atoms in total. The van der Waals surface area contributed by atoms with Gasteiger partial charge < -0.3 is 14.6 Å². The number of fused-ring (bicyclic) bond motifs is 2. The summed E-state index contributed by atoms with van der Waals surface area (Å²) in [4.78, 5) is 23.1. The van der Waals surface area contributed by atoms with Crippen LogP contribution >= 0.6 is 0 Å². The molecule has 0 aromatic heterocycles. The summed E-state index contributed by atoms with van der Waals surface area (Å²) < 4.78 is 10.6. The number of esters is 2. The third-order valence-corrected chi connectivity index (χ3v) is 5.53. The molecule has 22 heavy (non-hydrogen) atoms. The maximum absolute atomic E-state index is 11.8. The van der Waals surface area contributed by atoms with E-state index in [0.717, 1.165) is 12.0 Å². The summed E-state index contributed by atoms with van der Waals surface area (Å²) in [7, 11) is 0. The molecule has 0 aromatic carbocycles. The van der Waals surface area contributed by atoms with Gasteiger partial charge in [-0.2, -0.15) is 0 Å². The lowest BCUT2D eigenvalue weighted by Gasteiger charge is -2.52. The van der Waals surface area contributed by atoms with Gasteiger partial charge in [0.15, 0.2) is 0 Å². The maximum Gasteiger partial charge on any atom is 0.336 e. The molecular formula is C17H22O5. The van der Waals surface area contributed by atoms with Gasteiger partial charge in [0.25, 0.3) is 0 Å². The van der Waals surface area contributed by atoms with Crippen molar-refractivity contribution in [1.29, 1.82) is 0 Å². The van der Waals surface area contributed by atoms with E-state index in [1.807, 2.05) is 0 Å². The summed E-state index contributed by atoms with van der Waals surface area (Å²) in [6.07, 6.45) is 2.10. The van der Waals surface area contributed by atoms with Gasteiger partial charge in [0, 0.05) is 24.5 Å². The Bertz CT molecular complexity index is 604. The van der Waals surface area contributed by atoms with Gasteiger partial charge in [0.1, 0.15) is 6.10 Å². The number of hydrogen-bond donors (Lipinski definition) is 1.